The molecular weight excluding hydrogens is 364 g/mol. The standard InChI is InChI=1S/C17H21ClN2O4S/c1-4-10-12(25(3,23)24)8-7-11(14(10)18)16(21)13(17(22)20-2)15(19)9-5-6-9/h7-9,19,21H,4-6H2,1-3H3,(H,20,22). The molecule has 0 radical (unpaired) electrons. The minimum atomic E-state index is -3.48. The molecule has 0 saturated heterocycles. The number of nitrogens with one attached hydrogen (secondary N) is 2. The number of hydrogen-bond acceptors (Lipinski definition) is 5. The zero-order chi connectivity index (χ0) is 18.9. The van der Waals surface area contributed by atoms with Crippen LogP contribution in [0.3, 0.4) is 0 Å². The van der Waals surface area contributed by atoms with E-state index >= 15 is 0 Å². The van der Waals surface area contributed by atoms with Gasteiger partial charge in [0.2, 0.25) is 0 Å². The van der Waals surface area contributed by atoms with Crippen molar-refractivity contribution in [3.63, 3.8) is 0 Å². The van der Waals surface area contributed by atoms with Crippen molar-refractivity contribution in [1.82, 2.24) is 5.32 Å². The first-order valence-corrected chi connectivity index (χ1v) is 10.2. The lowest BCUT2D eigenvalue weighted by Gasteiger charge is -2.15. The summed E-state index contributed by atoms with van der Waals surface area (Å²) in [5.74, 6) is -1.03. The molecule has 1 amide bonds. The van der Waals surface area contributed by atoms with Gasteiger partial charge in [0.25, 0.3) is 5.91 Å². The van der Waals surface area contributed by atoms with Gasteiger partial charge in [0, 0.05) is 24.8 Å². The maximum atomic E-state index is 12.2. The van der Waals surface area contributed by atoms with Crippen molar-refractivity contribution in [3.8, 4) is 0 Å². The Balaban J connectivity index is 2.69. The van der Waals surface area contributed by atoms with Crippen LogP contribution < -0.4 is 5.32 Å². The average molecular weight is 385 g/mol. The van der Waals surface area contributed by atoms with Crippen LogP contribution in [0.2, 0.25) is 5.02 Å². The summed E-state index contributed by atoms with van der Waals surface area (Å²) in [6.07, 6.45) is 3.03. The average Bonchev–Trinajstić information content (AvgIpc) is 3.38. The van der Waals surface area contributed by atoms with E-state index in [-0.39, 0.29) is 32.7 Å². The van der Waals surface area contributed by atoms with E-state index in [4.69, 9.17) is 17.0 Å². The van der Waals surface area contributed by atoms with Gasteiger partial charge in [-0.25, -0.2) is 8.42 Å². The SMILES string of the molecule is CCc1c(S(C)(=O)=O)ccc(C(O)=C(C(=N)C2CC2)C(=O)NC)c1Cl. The monoisotopic (exact) mass is 384 g/mol. The summed E-state index contributed by atoms with van der Waals surface area (Å²) >= 11 is 6.35. The van der Waals surface area contributed by atoms with Gasteiger partial charge in [0.05, 0.1) is 15.6 Å². The first-order valence-electron chi connectivity index (χ1n) is 7.89. The number of benzene rings is 1. The zero-order valence-electron chi connectivity index (χ0n) is 14.3. The van der Waals surface area contributed by atoms with Crippen LogP contribution in [0.5, 0.6) is 0 Å². The molecule has 0 aliphatic heterocycles. The van der Waals surface area contributed by atoms with E-state index < -0.39 is 21.5 Å². The normalized spacial score (nSPS) is 15.5. The molecule has 1 aromatic carbocycles. The maximum Gasteiger partial charge on any atom is 0.256 e. The second-order valence-electron chi connectivity index (χ2n) is 6.02. The molecule has 2 rings (SSSR count). The molecule has 0 unspecified atom stereocenters. The molecule has 1 aliphatic carbocycles. The van der Waals surface area contributed by atoms with Crippen molar-refractivity contribution < 1.29 is 18.3 Å². The Bertz CT molecular complexity index is 871. The molecule has 25 heavy (non-hydrogen) atoms. The number of carbonyl (C=O) groups is 1. The van der Waals surface area contributed by atoms with Gasteiger partial charge in [-0.2, -0.15) is 0 Å². The van der Waals surface area contributed by atoms with Gasteiger partial charge < -0.3 is 15.8 Å². The summed E-state index contributed by atoms with van der Waals surface area (Å²) < 4.78 is 23.8. The van der Waals surface area contributed by atoms with Gasteiger partial charge in [-0.15, -0.1) is 0 Å². The fraction of sp³-hybridized carbons (Fsp3) is 0.412. The first-order chi connectivity index (χ1) is 11.6. The lowest BCUT2D eigenvalue weighted by atomic mass is 9.98. The van der Waals surface area contributed by atoms with Gasteiger partial charge in [0.15, 0.2) is 9.84 Å². The highest BCUT2D eigenvalue weighted by molar-refractivity contribution is 7.90. The number of hydrogen-bond donors (Lipinski definition) is 3. The van der Waals surface area contributed by atoms with E-state index in [1.165, 1.54) is 19.2 Å². The fourth-order valence-corrected chi connectivity index (χ4v) is 4.11. The minimum absolute atomic E-state index is 0.0471. The summed E-state index contributed by atoms with van der Waals surface area (Å²) in [6, 6.07) is 2.74. The van der Waals surface area contributed by atoms with Crippen LogP contribution in [0, 0.1) is 11.3 Å². The Hall–Kier alpha value is -1.86. The van der Waals surface area contributed by atoms with Crippen LogP contribution in [0.25, 0.3) is 5.76 Å². The predicted octanol–water partition coefficient (Wildman–Crippen LogP) is 2.75. The second kappa shape index (κ2) is 7.17. The molecule has 136 valence electrons. The van der Waals surface area contributed by atoms with Gasteiger partial charge in [-0.3, -0.25) is 4.79 Å². The number of likely N-dealkylation sites (N-methyl/N-ethyl adjacent to an activating group) is 1. The van der Waals surface area contributed by atoms with Crippen LogP contribution in [-0.2, 0) is 21.1 Å². The summed E-state index contributed by atoms with van der Waals surface area (Å²) in [5, 5.41) is 21.3. The lowest BCUT2D eigenvalue weighted by molar-refractivity contribution is -0.116. The Morgan fingerprint density at radius 3 is 2.44 bits per heavy atom. The van der Waals surface area contributed by atoms with Crippen LogP contribution in [0.4, 0.5) is 0 Å². The van der Waals surface area contributed by atoms with Gasteiger partial charge in [-0.1, -0.05) is 18.5 Å². The van der Waals surface area contributed by atoms with Gasteiger partial charge >= 0.3 is 0 Å². The van der Waals surface area contributed by atoms with Crippen LogP contribution in [-0.4, -0.2) is 38.4 Å². The number of carbonyl (C=O) groups excluding carboxylic acids is 1. The summed E-state index contributed by atoms with van der Waals surface area (Å²) in [7, 11) is -2.06. The summed E-state index contributed by atoms with van der Waals surface area (Å²) in [6.45, 7) is 1.76. The summed E-state index contributed by atoms with van der Waals surface area (Å²) in [4.78, 5) is 12.3. The quantitative estimate of drug-likeness (QED) is 0.398. The largest absolute Gasteiger partial charge is 0.506 e. The third-order valence-electron chi connectivity index (χ3n) is 4.15. The fourth-order valence-electron chi connectivity index (χ4n) is 2.66. The Labute approximate surface area is 152 Å². The second-order valence-corrected chi connectivity index (χ2v) is 8.38. The van der Waals surface area contributed by atoms with E-state index in [2.05, 4.69) is 5.32 Å². The van der Waals surface area contributed by atoms with Crippen LogP contribution in [0.1, 0.15) is 30.9 Å². The molecule has 6 nitrogen and oxygen atoms in total. The van der Waals surface area contributed by atoms with E-state index in [0.717, 1.165) is 19.1 Å². The molecule has 0 atom stereocenters. The third kappa shape index (κ3) is 3.88. The number of aliphatic hydroxyl groups excluding tert-OH is 1. The topological polar surface area (TPSA) is 107 Å². The first kappa shape index (κ1) is 19.5. The lowest BCUT2D eigenvalue weighted by Crippen LogP contribution is -2.27. The number of amides is 1. The Kier molecular flexibility index (Phi) is 5.58. The molecule has 3 N–H and O–H groups in total. The van der Waals surface area contributed by atoms with Crippen molar-refractivity contribution >= 4 is 38.8 Å². The summed E-state index contributed by atoms with van der Waals surface area (Å²) in [5.41, 5.74) is 0.469. The van der Waals surface area contributed by atoms with Crippen LogP contribution in [0.15, 0.2) is 22.6 Å². The predicted molar refractivity (Wildman–Crippen MR) is 98.0 cm³/mol. The van der Waals surface area contributed by atoms with E-state index in [0.29, 0.717) is 12.0 Å². The Morgan fingerprint density at radius 1 is 1.40 bits per heavy atom. The van der Waals surface area contributed by atoms with Crippen molar-refractivity contribution in [2.45, 2.75) is 31.1 Å². The van der Waals surface area contributed by atoms with Gasteiger partial charge in [0.1, 0.15) is 11.3 Å². The van der Waals surface area contributed by atoms with Crippen molar-refractivity contribution in [1.29, 1.82) is 5.41 Å². The molecule has 0 heterocycles. The highest BCUT2D eigenvalue weighted by Crippen LogP contribution is 2.37. The van der Waals surface area contributed by atoms with E-state index in [9.17, 15) is 18.3 Å². The van der Waals surface area contributed by atoms with Gasteiger partial charge in [-0.05, 0) is 37.0 Å². The van der Waals surface area contributed by atoms with Crippen LogP contribution >= 0.6 is 11.6 Å². The maximum absolute atomic E-state index is 12.2. The van der Waals surface area contributed by atoms with E-state index in [1.807, 2.05) is 0 Å². The van der Waals surface area contributed by atoms with Crippen molar-refractivity contribution in [2.75, 3.05) is 13.3 Å². The van der Waals surface area contributed by atoms with Crippen molar-refractivity contribution in [2.24, 2.45) is 5.92 Å². The number of rotatable bonds is 6. The Morgan fingerprint density at radius 2 is 2.00 bits per heavy atom. The molecule has 0 bridgehead atoms. The van der Waals surface area contributed by atoms with E-state index in [1.54, 1.807) is 6.92 Å². The molecule has 0 spiro atoms. The molecule has 1 aromatic rings. The molecular formula is C17H21ClN2O4S. The number of halogens is 1. The highest BCUT2D eigenvalue weighted by Gasteiger charge is 2.34. The van der Waals surface area contributed by atoms with Crippen molar-refractivity contribution in [3.05, 3.63) is 33.9 Å². The molecule has 1 aliphatic rings. The number of sulfone groups is 1. The minimum Gasteiger partial charge on any atom is -0.506 e. The zero-order valence-corrected chi connectivity index (χ0v) is 15.9. The molecule has 1 fully saturated rings. The molecule has 1 saturated carbocycles. The number of aliphatic hydroxyl groups is 1. The highest BCUT2D eigenvalue weighted by atomic mass is 35.5. The smallest absolute Gasteiger partial charge is 0.256 e. The molecule has 8 heteroatoms. The molecule has 0 aromatic heterocycles. The third-order valence-corrected chi connectivity index (χ3v) is 5.77.